The van der Waals surface area contributed by atoms with Crippen LogP contribution in [0.4, 0.5) is 0 Å². The van der Waals surface area contributed by atoms with Crippen LogP contribution in [0.15, 0.2) is 23.4 Å². The second-order valence-corrected chi connectivity index (χ2v) is 8.02. The number of ether oxygens (including phenoxy) is 1. The van der Waals surface area contributed by atoms with Gasteiger partial charge in [0.15, 0.2) is 5.16 Å². The highest BCUT2D eigenvalue weighted by Crippen LogP contribution is 2.26. The molecule has 6 nitrogen and oxygen atoms in total. The summed E-state index contributed by atoms with van der Waals surface area (Å²) in [4.78, 5) is 4.57. The third-order valence-electron chi connectivity index (χ3n) is 2.89. The maximum Gasteiger partial charge on any atom is 0.208 e. The number of benzene rings is 1. The number of halogens is 1. The van der Waals surface area contributed by atoms with Crippen LogP contribution in [0.2, 0.25) is 5.02 Å². The van der Waals surface area contributed by atoms with Crippen molar-refractivity contribution in [1.82, 2.24) is 14.3 Å². The van der Waals surface area contributed by atoms with E-state index in [0.29, 0.717) is 30.5 Å². The van der Waals surface area contributed by atoms with Crippen LogP contribution < -0.4 is 4.72 Å². The van der Waals surface area contributed by atoms with Gasteiger partial charge in [-0.05, 0) is 18.2 Å². The van der Waals surface area contributed by atoms with Gasteiger partial charge in [-0.2, -0.15) is 0 Å². The average Bonchev–Trinajstić information content (AvgIpc) is 2.77. The molecule has 0 aliphatic rings. The first-order valence-electron chi connectivity index (χ1n) is 6.63. The number of methoxy groups -OCH3 is 1. The van der Waals surface area contributed by atoms with Crippen molar-refractivity contribution in [3.8, 4) is 0 Å². The van der Waals surface area contributed by atoms with Gasteiger partial charge in [0, 0.05) is 31.0 Å². The minimum atomic E-state index is -3.16. The molecule has 2 aromatic rings. The number of rotatable bonds is 8. The molecule has 0 aliphatic carbocycles. The number of thioether (sulfide) groups is 1. The van der Waals surface area contributed by atoms with Crippen LogP contribution in [-0.2, 0) is 21.3 Å². The van der Waals surface area contributed by atoms with Gasteiger partial charge in [-0.3, -0.25) is 0 Å². The van der Waals surface area contributed by atoms with Gasteiger partial charge in [-0.15, -0.1) is 0 Å². The minimum Gasteiger partial charge on any atom is -0.383 e. The Balaban J connectivity index is 2.16. The first-order chi connectivity index (χ1) is 10.4. The number of hydrogen-bond acceptors (Lipinski definition) is 5. The lowest BCUT2D eigenvalue weighted by Gasteiger charge is -2.08. The summed E-state index contributed by atoms with van der Waals surface area (Å²) < 4.78 is 31.8. The Hall–Kier alpha value is -0.800. The number of hydrogen-bond donors (Lipinski definition) is 1. The van der Waals surface area contributed by atoms with Gasteiger partial charge in [-0.25, -0.2) is 18.1 Å². The molecule has 0 unspecified atom stereocenters. The maximum absolute atomic E-state index is 11.1. The van der Waals surface area contributed by atoms with Crippen LogP contribution in [0, 0.1) is 0 Å². The Morgan fingerprint density at radius 1 is 1.45 bits per heavy atom. The van der Waals surface area contributed by atoms with Crippen LogP contribution in [0.3, 0.4) is 0 Å². The zero-order valence-corrected chi connectivity index (χ0v) is 14.8. The van der Waals surface area contributed by atoms with Gasteiger partial charge in [-0.1, -0.05) is 23.4 Å². The van der Waals surface area contributed by atoms with Crippen molar-refractivity contribution in [2.45, 2.75) is 11.7 Å². The monoisotopic (exact) mass is 363 g/mol. The van der Waals surface area contributed by atoms with E-state index in [2.05, 4.69) is 14.3 Å². The highest BCUT2D eigenvalue weighted by molar-refractivity contribution is 7.99. The molecule has 1 aromatic carbocycles. The van der Waals surface area contributed by atoms with Crippen molar-refractivity contribution >= 4 is 44.4 Å². The Labute approximate surface area is 139 Å². The number of nitrogens with zero attached hydrogens (tertiary/aromatic N) is 2. The lowest BCUT2D eigenvalue weighted by atomic mass is 10.3. The molecule has 0 saturated heterocycles. The molecule has 1 N–H and O–H groups in total. The highest BCUT2D eigenvalue weighted by atomic mass is 35.5. The number of imidazole rings is 1. The molecule has 0 spiro atoms. The van der Waals surface area contributed by atoms with Crippen molar-refractivity contribution in [1.29, 1.82) is 0 Å². The topological polar surface area (TPSA) is 73.2 Å². The summed E-state index contributed by atoms with van der Waals surface area (Å²) in [6.45, 7) is 1.61. The third-order valence-corrected chi connectivity index (χ3v) is 4.83. The molecule has 0 amide bonds. The molecule has 1 aromatic heterocycles. The van der Waals surface area contributed by atoms with E-state index >= 15 is 0 Å². The fourth-order valence-corrected chi connectivity index (χ4v) is 3.62. The number of aromatic nitrogens is 2. The summed E-state index contributed by atoms with van der Waals surface area (Å²) >= 11 is 7.50. The van der Waals surface area contributed by atoms with Crippen LogP contribution >= 0.6 is 23.4 Å². The molecule has 122 valence electrons. The van der Waals surface area contributed by atoms with Crippen LogP contribution in [0.1, 0.15) is 0 Å². The molecule has 0 atom stereocenters. The SMILES string of the molecule is COCCn1c(SCCNS(C)(=O)=O)nc2cc(Cl)ccc21. The summed E-state index contributed by atoms with van der Waals surface area (Å²) in [5, 5.41) is 1.46. The summed E-state index contributed by atoms with van der Waals surface area (Å²) in [5.41, 5.74) is 1.81. The molecule has 1 heterocycles. The quantitative estimate of drug-likeness (QED) is 0.573. The number of sulfonamides is 1. The summed E-state index contributed by atoms with van der Waals surface area (Å²) in [6, 6.07) is 5.58. The Morgan fingerprint density at radius 3 is 2.91 bits per heavy atom. The second kappa shape index (κ2) is 7.65. The van der Waals surface area contributed by atoms with E-state index in [1.54, 1.807) is 7.11 Å². The normalized spacial score (nSPS) is 12.1. The van der Waals surface area contributed by atoms with Crippen LogP contribution in [0.5, 0.6) is 0 Å². The molecule has 0 bridgehead atoms. The van der Waals surface area contributed by atoms with E-state index in [4.69, 9.17) is 16.3 Å². The van der Waals surface area contributed by atoms with Gasteiger partial charge < -0.3 is 9.30 Å². The van der Waals surface area contributed by atoms with Gasteiger partial charge in [0.05, 0.1) is 23.9 Å². The average molecular weight is 364 g/mol. The van der Waals surface area contributed by atoms with Gasteiger partial charge in [0.1, 0.15) is 0 Å². The number of fused-ring (bicyclic) bond motifs is 1. The highest BCUT2D eigenvalue weighted by Gasteiger charge is 2.12. The Bertz CT molecular complexity index is 746. The molecule has 22 heavy (non-hydrogen) atoms. The van der Waals surface area contributed by atoms with Crippen molar-refractivity contribution in [3.63, 3.8) is 0 Å². The van der Waals surface area contributed by atoms with Crippen molar-refractivity contribution in [2.75, 3.05) is 32.3 Å². The Kier molecular flexibility index (Phi) is 6.10. The summed E-state index contributed by atoms with van der Waals surface area (Å²) in [6.07, 6.45) is 1.15. The zero-order valence-electron chi connectivity index (χ0n) is 12.4. The van der Waals surface area contributed by atoms with E-state index in [0.717, 1.165) is 22.4 Å². The predicted molar refractivity (Wildman–Crippen MR) is 90.2 cm³/mol. The third kappa shape index (κ3) is 4.85. The van der Waals surface area contributed by atoms with Crippen molar-refractivity contribution in [2.24, 2.45) is 0 Å². The first kappa shape index (κ1) is 17.6. The summed E-state index contributed by atoms with van der Waals surface area (Å²) in [5.74, 6) is 0.594. The molecule has 0 saturated carbocycles. The zero-order chi connectivity index (χ0) is 16.2. The smallest absolute Gasteiger partial charge is 0.208 e. The van der Waals surface area contributed by atoms with Crippen LogP contribution in [0.25, 0.3) is 11.0 Å². The molecular formula is C13H18ClN3O3S2. The molecule has 0 fully saturated rings. The van der Waals surface area contributed by atoms with Crippen molar-refractivity contribution < 1.29 is 13.2 Å². The van der Waals surface area contributed by atoms with E-state index < -0.39 is 10.0 Å². The molecule has 0 radical (unpaired) electrons. The van der Waals surface area contributed by atoms with Gasteiger partial charge >= 0.3 is 0 Å². The first-order valence-corrected chi connectivity index (χ1v) is 9.88. The number of nitrogens with one attached hydrogen (secondary N) is 1. The predicted octanol–water partition coefficient (Wildman–Crippen LogP) is 1.98. The second-order valence-electron chi connectivity index (χ2n) is 4.69. The van der Waals surface area contributed by atoms with E-state index in [-0.39, 0.29) is 0 Å². The largest absolute Gasteiger partial charge is 0.383 e. The van der Waals surface area contributed by atoms with E-state index in [9.17, 15) is 8.42 Å². The molecule has 9 heteroatoms. The van der Waals surface area contributed by atoms with Crippen LogP contribution in [-0.4, -0.2) is 50.2 Å². The standard InChI is InChI=1S/C13H18ClN3O3S2/c1-20-7-6-17-12-4-3-10(14)9-11(12)16-13(17)21-8-5-15-22(2,18)19/h3-4,9,15H,5-8H2,1-2H3. The van der Waals surface area contributed by atoms with Gasteiger partial charge in [0.25, 0.3) is 0 Å². The van der Waals surface area contributed by atoms with Gasteiger partial charge in [0.2, 0.25) is 10.0 Å². The minimum absolute atomic E-state index is 0.359. The Morgan fingerprint density at radius 2 is 2.23 bits per heavy atom. The van der Waals surface area contributed by atoms with E-state index in [1.165, 1.54) is 11.8 Å². The fraction of sp³-hybridized carbons (Fsp3) is 0.462. The summed E-state index contributed by atoms with van der Waals surface area (Å²) in [7, 11) is -1.51. The maximum atomic E-state index is 11.1. The lowest BCUT2D eigenvalue weighted by Crippen LogP contribution is -2.24. The molecule has 2 rings (SSSR count). The molecular weight excluding hydrogens is 346 g/mol. The van der Waals surface area contributed by atoms with Crippen molar-refractivity contribution in [3.05, 3.63) is 23.2 Å². The fourth-order valence-electron chi connectivity index (χ4n) is 1.96. The molecule has 0 aliphatic heterocycles. The van der Waals surface area contributed by atoms with E-state index in [1.807, 2.05) is 18.2 Å². The lowest BCUT2D eigenvalue weighted by molar-refractivity contribution is 0.186.